The van der Waals surface area contributed by atoms with Crippen molar-refractivity contribution in [2.45, 2.75) is 0 Å². The number of fused-ring (bicyclic) bond motifs is 3. The number of nitrogens with zero attached hydrogens (tertiary/aromatic N) is 6. The fourth-order valence-corrected chi connectivity index (χ4v) is 9.28. The van der Waals surface area contributed by atoms with Crippen LogP contribution in [0.5, 0.6) is 0 Å². The van der Waals surface area contributed by atoms with E-state index in [2.05, 4.69) is 84.9 Å². The predicted molar refractivity (Wildman–Crippen MR) is 250 cm³/mol. The molecular formula is C54H34N6S. The number of thiophene rings is 1. The smallest absolute Gasteiger partial charge is 0.164 e. The van der Waals surface area contributed by atoms with Gasteiger partial charge >= 0.3 is 0 Å². The van der Waals surface area contributed by atoms with E-state index in [0.717, 1.165) is 55.6 Å². The average Bonchev–Trinajstić information content (AvgIpc) is 3.74. The molecule has 0 spiro atoms. The highest BCUT2D eigenvalue weighted by Gasteiger charge is 2.21. The molecule has 0 bridgehead atoms. The van der Waals surface area contributed by atoms with Crippen LogP contribution in [0.15, 0.2) is 206 Å². The van der Waals surface area contributed by atoms with E-state index in [1.807, 2.05) is 121 Å². The van der Waals surface area contributed by atoms with Gasteiger partial charge in [0.25, 0.3) is 0 Å². The Balaban J connectivity index is 1.08. The first kappa shape index (κ1) is 36.1. The lowest BCUT2D eigenvalue weighted by Crippen LogP contribution is -2.01. The van der Waals surface area contributed by atoms with Crippen molar-refractivity contribution in [2.24, 2.45) is 0 Å². The highest BCUT2D eigenvalue weighted by atomic mass is 32.1. The van der Waals surface area contributed by atoms with E-state index in [4.69, 9.17) is 29.9 Å². The number of hydrogen-bond acceptors (Lipinski definition) is 7. The summed E-state index contributed by atoms with van der Waals surface area (Å²) in [6.45, 7) is 0. The number of aromatic nitrogens is 6. The maximum Gasteiger partial charge on any atom is 0.164 e. The summed E-state index contributed by atoms with van der Waals surface area (Å²) < 4.78 is 2.38. The molecule has 0 aliphatic carbocycles. The minimum Gasteiger partial charge on any atom is -0.208 e. The molecule has 61 heavy (non-hydrogen) atoms. The highest BCUT2D eigenvalue weighted by molar-refractivity contribution is 7.26. The van der Waals surface area contributed by atoms with Gasteiger partial charge in [0.15, 0.2) is 34.9 Å². The Hall–Kier alpha value is -8.00. The second-order valence-electron chi connectivity index (χ2n) is 14.6. The van der Waals surface area contributed by atoms with Crippen LogP contribution in [0, 0.1) is 0 Å². The van der Waals surface area contributed by atoms with Gasteiger partial charge in [-0.15, -0.1) is 11.3 Å². The molecule has 11 aromatic rings. The second kappa shape index (κ2) is 15.6. The Morgan fingerprint density at radius 1 is 0.213 bits per heavy atom. The zero-order valence-corrected chi connectivity index (χ0v) is 33.5. The summed E-state index contributed by atoms with van der Waals surface area (Å²) in [4.78, 5) is 30.4. The molecule has 286 valence electrons. The van der Waals surface area contributed by atoms with E-state index in [1.165, 1.54) is 20.2 Å². The first-order chi connectivity index (χ1) is 30.2. The van der Waals surface area contributed by atoms with Crippen molar-refractivity contribution in [3.63, 3.8) is 0 Å². The molecule has 0 radical (unpaired) electrons. The summed E-state index contributed by atoms with van der Waals surface area (Å²) in [7, 11) is 0. The summed E-state index contributed by atoms with van der Waals surface area (Å²) in [5.41, 5.74) is 9.96. The van der Waals surface area contributed by atoms with Crippen molar-refractivity contribution >= 4 is 31.5 Å². The van der Waals surface area contributed by atoms with Crippen molar-refractivity contribution < 1.29 is 0 Å². The lowest BCUT2D eigenvalue weighted by atomic mass is 9.95. The molecule has 3 aromatic heterocycles. The molecule has 0 unspecified atom stereocenters. The minimum atomic E-state index is 0.623. The third kappa shape index (κ3) is 6.83. The van der Waals surface area contributed by atoms with Gasteiger partial charge in [-0.05, 0) is 11.1 Å². The lowest BCUT2D eigenvalue weighted by molar-refractivity contribution is 1.07. The van der Waals surface area contributed by atoms with Gasteiger partial charge in [0, 0.05) is 64.7 Å². The summed E-state index contributed by atoms with van der Waals surface area (Å²) in [5, 5.41) is 2.38. The molecule has 0 N–H and O–H groups in total. The van der Waals surface area contributed by atoms with Crippen molar-refractivity contribution in [3.05, 3.63) is 206 Å². The Morgan fingerprint density at radius 2 is 0.475 bits per heavy atom. The molecule has 6 nitrogen and oxygen atoms in total. The molecule has 0 aliphatic rings. The van der Waals surface area contributed by atoms with Gasteiger partial charge in [-0.2, -0.15) is 0 Å². The van der Waals surface area contributed by atoms with Gasteiger partial charge in [0.1, 0.15) is 0 Å². The van der Waals surface area contributed by atoms with Crippen LogP contribution in [0.25, 0.3) is 111 Å². The van der Waals surface area contributed by atoms with E-state index in [9.17, 15) is 0 Å². The molecule has 0 amide bonds. The van der Waals surface area contributed by atoms with Crippen molar-refractivity contribution in [1.82, 2.24) is 29.9 Å². The molecule has 0 aliphatic heterocycles. The third-order valence-corrected chi connectivity index (χ3v) is 12.1. The molecule has 8 aromatic carbocycles. The van der Waals surface area contributed by atoms with Crippen molar-refractivity contribution in [2.75, 3.05) is 0 Å². The van der Waals surface area contributed by atoms with Crippen LogP contribution in [-0.2, 0) is 0 Å². The van der Waals surface area contributed by atoms with Crippen molar-refractivity contribution in [3.8, 4) is 90.6 Å². The zero-order chi connectivity index (χ0) is 40.5. The van der Waals surface area contributed by atoms with Crippen LogP contribution in [0.3, 0.4) is 0 Å². The van der Waals surface area contributed by atoms with E-state index >= 15 is 0 Å². The van der Waals surface area contributed by atoms with E-state index in [-0.39, 0.29) is 0 Å². The molecule has 0 atom stereocenters. The van der Waals surface area contributed by atoms with Gasteiger partial charge < -0.3 is 0 Å². The molecule has 0 fully saturated rings. The third-order valence-electron chi connectivity index (χ3n) is 10.8. The highest BCUT2D eigenvalue weighted by Crippen LogP contribution is 2.46. The second-order valence-corrected chi connectivity index (χ2v) is 15.7. The summed E-state index contributed by atoms with van der Waals surface area (Å²) >= 11 is 1.81. The quantitative estimate of drug-likeness (QED) is 0.152. The van der Waals surface area contributed by atoms with Gasteiger partial charge in [0.2, 0.25) is 0 Å². The number of hydrogen-bond donors (Lipinski definition) is 0. The summed E-state index contributed by atoms with van der Waals surface area (Å²) in [6.07, 6.45) is 0. The average molecular weight is 799 g/mol. The minimum absolute atomic E-state index is 0.623. The first-order valence-corrected chi connectivity index (χ1v) is 20.9. The predicted octanol–water partition coefficient (Wildman–Crippen LogP) is 13.8. The number of benzene rings is 8. The Morgan fingerprint density at radius 3 is 0.803 bits per heavy atom. The zero-order valence-electron chi connectivity index (χ0n) is 32.7. The molecule has 7 heteroatoms. The van der Waals surface area contributed by atoms with Crippen LogP contribution in [-0.4, -0.2) is 29.9 Å². The summed E-state index contributed by atoms with van der Waals surface area (Å²) in [5.74, 6) is 3.77. The van der Waals surface area contributed by atoms with Gasteiger partial charge in [0.05, 0.1) is 0 Å². The van der Waals surface area contributed by atoms with Gasteiger partial charge in [-0.1, -0.05) is 206 Å². The van der Waals surface area contributed by atoms with Crippen molar-refractivity contribution in [1.29, 1.82) is 0 Å². The maximum absolute atomic E-state index is 5.12. The molecule has 11 rings (SSSR count). The Bertz CT molecular complexity index is 3010. The lowest BCUT2D eigenvalue weighted by Gasteiger charge is -2.12. The van der Waals surface area contributed by atoms with Crippen LogP contribution < -0.4 is 0 Å². The Labute approximate surface area is 356 Å². The fraction of sp³-hybridized carbons (Fsp3) is 0. The SMILES string of the molecule is c1ccc(-c2nc(-c3ccccc3)nc(-c3ccccc3-c3cccc4c3sc3c(-c5ccccc5-c5nc(-c6ccccc6)nc(-c6ccccc6)n5)cccc34)n2)cc1. The first-order valence-electron chi connectivity index (χ1n) is 20.1. The van der Waals surface area contributed by atoms with E-state index in [1.54, 1.807) is 11.3 Å². The van der Waals surface area contributed by atoms with Crippen LogP contribution in [0.1, 0.15) is 0 Å². The Kier molecular flexibility index (Phi) is 9.26. The van der Waals surface area contributed by atoms with Crippen LogP contribution in [0.2, 0.25) is 0 Å². The maximum atomic E-state index is 5.12. The standard InChI is InChI=1S/C54H34N6S/c1-5-19-35(20-6-1)49-55-50(36-21-7-2-8-22-36)58-53(57-49)45-29-15-13-27-39(45)41-31-17-33-43-44-34-18-32-42(48(44)61-47(41)43)40-28-14-16-30-46(40)54-59-51(37-23-9-3-10-24-37)56-52(60-54)38-25-11-4-12-26-38/h1-34H. The molecule has 0 saturated carbocycles. The van der Waals surface area contributed by atoms with Crippen LogP contribution >= 0.6 is 11.3 Å². The monoisotopic (exact) mass is 798 g/mol. The molecular weight excluding hydrogens is 765 g/mol. The molecule has 0 saturated heterocycles. The normalized spacial score (nSPS) is 11.3. The number of rotatable bonds is 8. The van der Waals surface area contributed by atoms with E-state index < -0.39 is 0 Å². The molecule has 3 heterocycles. The summed E-state index contributed by atoms with van der Waals surface area (Å²) in [6, 6.07) is 70.5. The van der Waals surface area contributed by atoms with Gasteiger partial charge in [-0.3, -0.25) is 0 Å². The van der Waals surface area contributed by atoms with Gasteiger partial charge in [-0.25, -0.2) is 29.9 Å². The van der Waals surface area contributed by atoms with E-state index in [0.29, 0.717) is 34.9 Å². The van der Waals surface area contributed by atoms with Crippen LogP contribution in [0.4, 0.5) is 0 Å². The topological polar surface area (TPSA) is 77.3 Å². The fourth-order valence-electron chi connectivity index (χ4n) is 7.93. The largest absolute Gasteiger partial charge is 0.208 e.